The highest BCUT2D eigenvalue weighted by atomic mass is 16.3. The summed E-state index contributed by atoms with van der Waals surface area (Å²) in [6, 6.07) is 16.2. The Bertz CT molecular complexity index is 1050. The first-order valence-corrected chi connectivity index (χ1v) is 8.98. The van der Waals surface area contributed by atoms with Gasteiger partial charge in [0.1, 0.15) is 5.84 Å². The molecule has 0 amide bonds. The zero-order chi connectivity index (χ0) is 20.6. The van der Waals surface area contributed by atoms with Crippen molar-refractivity contribution in [2.24, 2.45) is 5.73 Å². The maximum absolute atomic E-state index is 10.8. The monoisotopic (exact) mass is 375 g/mol. The molecular formula is C23H25N3O2. The lowest BCUT2D eigenvalue weighted by Crippen LogP contribution is -2.11. The largest absolute Gasteiger partial charge is 0.494 e. The Morgan fingerprint density at radius 1 is 1.00 bits per heavy atom. The molecule has 0 aliphatic carbocycles. The molecule has 0 aliphatic rings. The van der Waals surface area contributed by atoms with E-state index in [-0.39, 0.29) is 23.0 Å². The first-order chi connectivity index (χ1) is 13.1. The van der Waals surface area contributed by atoms with Crippen molar-refractivity contribution >= 4 is 11.4 Å². The number of rotatable bonds is 4. The Labute approximate surface area is 164 Å². The summed E-state index contributed by atoms with van der Waals surface area (Å²) in [6.07, 6.45) is 0. The molecule has 144 valence electrons. The minimum atomic E-state index is -0.0979. The smallest absolute Gasteiger partial charge is 0.206 e. The number of nitrogens with one attached hydrogen (secondary N) is 1. The van der Waals surface area contributed by atoms with Gasteiger partial charge in [0.15, 0.2) is 5.88 Å². The third kappa shape index (κ3) is 3.51. The van der Waals surface area contributed by atoms with Gasteiger partial charge in [0.05, 0.1) is 5.69 Å². The maximum atomic E-state index is 10.8. The lowest BCUT2D eigenvalue weighted by Gasteiger charge is -2.19. The second-order valence-electron chi connectivity index (χ2n) is 7.85. The highest BCUT2D eigenvalue weighted by Crippen LogP contribution is 2.38. The van der Waals surface area contributed by atoms with Gasteiger partial charge in [-0.2, -0.15) is 0 Å². The van der Waals surface area contributed by atoms with Gasteiger partial charge in [0.25, 0.3) is 0 Å². The third-order valence-electron chi connectivity index (χ3n) is 4.79. The summed E-state index contributed by atoms with van der Waals surface area (Å²) in [7, 11) is 0. The van der Waals surface area contributed by atoms with E-state index in [1.807, 2.05) is 30.3 Å². The molecule has 1 heterocycles. The summed E-state index contributed by atoms with van der Waals surface area (Å²) in [4.78, 5) is 0. The van der Waals surface area contributed by atoms with Crippen LogP contribution in [0.2, 0.25) is 0 Å². The summed E-state index contributed by atoms with van der Waals surface area (Å²) in [5.41, 5.74) is 9.61. The molecule has 0 fully saturated rings. The van der Waals surface area contributed by atoms with Gasteiger partial charge in [-0.15, -0.1) is 0 Å². The molecule has 5 heteroatoms. The highest BCUT2D eigenvalue weighted by molar-refractivity contribution is 5.96. The van der Waals surface area contributed by atoms with E-state index in [2.05, 4.69) is 27.4 Å². The van der Waals surface area contributed by atoms with Crippen LogP contribution < -0.4 is 5.73 Å². The van der Waals surface area contributed by atoms with Crippen molar-refractivity contribution in [2.45, 2.75) is 26.2 Å². The second-order valence-corrected chi connectivity index (χ2v) is 7.85. The van der Waals surface area contributed by atoms with E-state index in [4.69, 9.17) is 11.1 Å². The quantitative estimate of drug-likeness (QED) is 0.398. The molecule has 0 saturated carbocycles. The van der Waals surface area contributed by atoms with Crippen LogP contribution in [0.5, 0.6) is 11.8 Å². The third-order valence-corrected chi connectivity index (χ3v) is 4.79. The van der Waals surface area contributed by atoms with Crippen molar-refractivity contribution in [3.05, 3.63) is 83.4 Å². The fourth-order valence-corrected chi connectivity index (χ4v) is 3.10. The predicted molar refractivity (Wildman–Crippen MR) is 113 cm³/mol. The van der Waals surface area contributed by atoms with Crippen LogP contribution in [0.1, 0.15) is 43.0 Å². The lowest BCUT2D eigenvalue weighted by atomic mass is 9.87. The Hall–Kier alpha value is -3.47. The van der Waals surface area contributed by atoms with Crippen LogP contribution in [0.15, 0.2) is 61.2 Å². The second kappa shape index (κ2) is 6.93. The Kier molecular flexibility index (Phi) is 4.77. The molecule has 0 bridgehead atoms. The molecule has 0 radical (unpaired) electrons. The van der Waals surface area contributed by atoms with Gasteiger partial charge in [0, 0.05) is 17.2 Å². The van der Waals surface area contributed by atoms with Crippen molar-refractivity contribution < 1.29 is 10.2 Å². The molecule has 3 aromatic rings. The Morgan fingerprint density at radius 2 is 1.61 bits per heavy atom. The molecule has 1 aromatic heterocycles. The minimum absolute atomic E-state index is 0.0144. The van der Waals surface area contributed by atoms with Gasteiger partial charge >= 0.3 is 0 Å². The van der Waals surface area contributed by atoms with Crippen molar-refractivity contribution in [2.75, 3.05) is 0 Å². The lowest BCUT2D eigenvalue weighted by molar-refractivity contribution is 0.402. The zero-order valence-corrected chi connectivity index (χ0v) is 16.3. The predicted octanol–water partition coefficient (Wildman–Crippen LogP) is 4.53. The van der Waals surface area contributed by atoms with Crippen LogP contribution >= 0.6 is 0 Å². The summed E-state index contributed by atoms with van der Waals surface area (Å²) in [5.74, 6) is -0.225. The average molecular weight is 375 g/mol. The van der Waals surface area contributed by atoms with Crippen LogP contribution in [-0.4, -0.2) is 20.6 Å². The van der Waals surface area contributed by atoms with Gasteiger partial charge in [0.2, 0.25) is 5.88 Å². The van der Waals surface area contributed by atoms with Crippen LogP contribution in [0.3, 0.4) is 0 Å². The number of hydrogen-bond donors (Lipinski definition) is 4. The van der Waals surface area contributed by atoms with Crippen molar-refractivity contribution in [1.29, 1.82) is 5.41 Å². The molecule has 0 atom stereocenters. The minimum Gasteiger partial charge on any atom is -0.494 e. The molecule has 28 heavy (non-hydrogen) atoms. The number of aromatic hydroxyl groups is 2. The van der Waals surface area contributed by atoms with E-state index < -0.39 is 0 Å². The van der Waals surface area contributed by atoms with E-state index in [9.17, 15) is 10.2 Å². The first kappa shape index (κ1) is 19.3. The normalized spacial score (nSPS) is 11.4. The first-order valence-electron chi connectivity index (χ1n) is 8.98. The molecule has 0 unspecified atom stereocenters. The Balaban J connectivity index is 2.01. The molecule has 3 rings (SSSR count). The number of amidine groups is 1. The van der Waals surface area contributed by atoms with E-state index in [1.165, 1.54) is 10.6 Å². The molecule has 0 spiro atoms. The summed E-state index contributed by atoms with van der Waals surface area (Å²) < 4.78 is 1.38. The summed E-state index contributed by atoms with van der Waals surface area (Å²) in [5, 5.41) is 28.8. The van der Waals surface area contributed by atoms with Crippen molar-refractivity contribution in [3.63, 3.8) is 0 Å². The number of nitrogen functional groups attached to an aromatic ring is 1. The maximum Gasteiger partial charge on any atom is 0.206 e. The van der Waals surface area contributed by atoms with Gasteiger partial charge < -0.3 is 15.9 Å². The molecule has 0 saturated heterocycles. The topological polar surface area (TPSA) is 95.3 Å². The molecular weight excluding hydrogens is 350 g/mol. The van der Waals surface area contributed by atoms with Gasteiger partial charge in [-0.05, 0) is 40.3 Å². The van der Waals surface area contributed by atoms with E-state index in [0.29, 0.717) is 28.0 Å². The van der Waals surface area contributed by atoms with E-state index in [1.54, 1.807) is 18.2 Å². The van der Waals surface area contributed by atoms with Crippen LogP contribution in [-0.2, 0) is 5.41 Å². The fraction of sp³-hybridized carbons (Fsp3) is 0.174. The van der Waals surface area contributed by atoms with Crippen LogP contribution in [0, 0.1) is 5.41 Å². The van der Waals surface area contributed by atoms with Crippen molar-refractivity contribution in [3.8, 4) is 17.4 Å². The standard InChI is InChI=1S/C23H25N3O2/c1-14(15-6-5-7-16(12-15)21(24)25)19-13-20(27)26(22(19)28)18-10-8-17(9-11-18)23(2,3)4/h5-13,27-28H,1H2,2-4H3,(H3,24,25). The summed E-state index contributed by atoms with van der Waals surface area (Å²) in [6.45, 7) is 10.4. The molecule has 2 aromatic carbocycles. The van der Waals surface area contributed by atoms with Gasteiger partial charge in [-0.1, -0.05) is 57.7 Å². The van der Waals surface area contributed by atoms with Crippen molar-refractivity contribution in [1.82, 2.24) is 4.57 Å². The average Bonchev–Trinajstić information content (AvgIpc) is 2.95. The van der Waals surface area contributed by atoms with E-state index in [0.717, 1.165) is 5.56 Å². The SMILES string of the molecule is C=C(c1cccc(C(=N)N)c1)c1cc(O)n(-c2ccc(C(C)(C)C)cc2)c1O. The fourth-order valence-electron chi connectivity index (χ4n) is 3.10. The summed E-state index contributed by atoms with van der Waals surface area (Å²) >= 11 is 0. The number of benzene rings is 2. The number of hydrogen-bond acceptors (Lipinski definition) is 3. The number of aromatic nitrogens is 1. The number of nitrogens with zero attached hydrogens (tertiary/aromatic N) is 1. The van der Waals surface area contributed by atoms with Crippen LogP contribution in [0.4, 0.5) is 0 Å². The van der Waals surface area contributed by atoms with Crippen LogP contribution in [0.25, 0.3) is 11.3 Å². The number of nitrogens with two attached hydrogens (primary N) is 1. The Morgan fingerprint density at radius 3 is 2.18 bits per heavy atom. The highest BCUT2D eigenvalue weighted by Gasteiger charge is 2.20. The molecule has 5 nitrogen and oxygen atoms in total. The van der Waals surface area contributed by atoms with Gasteiger partial charge in [-0.3, -0.25) is 9.98 Å². The zero-order valence-electron chi connectivity index (χ0n) is 16.3. The molecule has 5 N–H and O–H groups in total. The van der Waals surface area contributed by atoms with Gasteiger partial charge in [-0.25, -0.2) is 0 Å². The molecule has 0 aliphatic heterocycles. The van der Waals surface area contributed by atoms with E-state index >= 15 is 0 Å².